The topological polar surface area (TPSA) is 15.3 Å². The number of rotatable bonds is 6. The summed E-state index contributed by atoms with van der Waals surface area (Å²) in [6, 6.07) is 1.77. The monoisotopic (exact) mass is 210 g/mol. The molecule has 0 spiro atoms. The minimum absolute atomic E-state index is 0.880. The fourth-order valence-corrected chi connectivity index (χ4v) is 2.63. The second-order valence-corrected chi connectivity index (χ2v) is 5.35. The lowest BCUT2D eigenvalue weighted by Gasteiger charge is -2.31. The lowest BCUT2D eigenvalue weighted by Crippen LogP contribution is -2.35. The zero-order chi connectivity index (χ0) is 10.5. The van der Waals surface area contributed by atoms with Crippen LogP contribution in [0.3, 0.4) is 0 Å². The first-order chi connectivity index (χ1) is 7.36. The predicted octanol–water partition coefficient (Wildman–Crippen LogP) is 2.39. The van der Waals surface area contributed by atoms with Crippen LogP contribution in [0.4, 0.5) is 0 Å². The highest BCUT2D eigenvalue weighted by Gasteiger charge is 2.20. The molecule has 1 N–H and O–H groups in total. The molecule has 0 bridgehead atoms. The van der Waals surface area contributed by atoms with Crippen LogP contribution in [0.25, 0.3) is 0 Å². The van der Waals surface area contributed by atoms with Crippen molar-refractivity contribution in [3.8, 4) is 0 Å². The normalized spacial score (nSPS) is 23.6. The van der Waals surface area contributed by atoms with E-state index in [4.69, 9.17) is 0 Å². The Morgan fingerprint density at radius 1 is 1.07 bits per heavy atom. The van der Waals surface area contributed by atoms with Crippen molar-refractivity contribution in [2.24, 2.45) is 0 Å². The lowest BCUT2D eigenvalue weighted by molar-refractivity contribution is 0.189. The highest BCUT2D eigenvalue weighted by atomic mass is 15.1. The number of nitrogens with zero attached hydrogens (tertiary/aromatic N) is 1. The molecule has 2 nitrogen and oxygen atoms in total. The van der Waals surface area contributed by atoms with Gasteiger partial charge in [-0.25, -0.2) is 0 Å². The second kappa shape index (κ2) is 5.86. The van der Waals surface area contributed by atoms with E-state index in [-0.39, 0.29) is 0 Å². The third-order valence-electron chi connectivity index (χ3n) is 3.90. The molecule has 2 rings (SSSR count). The highest BCUT2D eigenvalue weighted by Crippen LogP contribution is 2.21. The van der Waals surface area contributed by atoms with Gasteiger partial charge in [0, 0.05) is 12.1 Å². The van der Waals surface area contributed by atoms with E-state index in [1.807, 2.05) is 0 Å². The quantitative estimate of drug-likeness (QED) is 0.677. The molecule has 2 aliphatic carbocycles. The van der Waals surface area contributed by atoms with Crippen LogP contribution in [0.1, 0.15) is 51.4 Å². The molecule has 0 saturated heterocycles. The number of hydrogen-bond acceptors (Lipinski definition) is 2. The largest absolute Gasteiger partial charge is 0.314 e. The second-order valence-electron chi connectivity index (χ2n) is 5.35. The van der Waals surface area contributed by atoms with Crippen LogP contribution in [-0.4, -0.2) is 37.1 Å². The van der Waals surface area contributed by atoms with Crippen LogP contribution in [0.2, 0.25) is 0 Å². The molecule has 0 atom stereocenters. The van der Waals surface area contributed by atoms with Crippen molar-refractivity contribution in [3.05, 3.63) is 0 Å². The van der Waals surface area contributed by atoms with Crippen molar-refractivity contribution in [2.45, 2.75) is 63.5 Å². The maximum absolute atomic E-state index is 3.59. The Morgan fingerprint density at radius 3 is 2.47 bits per heavy atom. The molecule has 0 unspecified atom stereocenters. The molecule has 15 heavy (non-hydrogen) atoms. The third-order valence-corrected chi connectivity index (χ3v) is 3.90. The summed E-state index contributed by atoms with van der Waals surface area (Å²) in [6.45, 7) is 2.51. The van der Waals surface area contributed by atoms with Gasteiger partial charge in [0.25, 0.3) is 0 Å². The number of nitrogens with one attached hydrogen (secondary N) is 1. The summed E-state index contributed by atoms with van der Waals surface area (Å²) in [5.74, 6) is 0. The van der Waals surface area contributed by atoms with Gasteiger partial charge in [-0.05, 0) is 52.2 Å². The van der Waals surface area contributed by atoms with Crippen molar-refractivity contribution in [1.29, 1.82) is 0 Å². The highest BCUT2D eigenvalue weighted by molar-refractivity contribution is 4.81. The smallest absolute Gasteiger partial charge is 0.00922 e. The summed E-state index contributed by atoms with van der Waals surface area (Å²) in [5, 5.41) is 3.59. The van der Waals surface area contributed by atoms with E-state index in [9.17, 15) is 0 Å². The van der Waals surface area contributed by atoms with E-state index in [1.165, 1.54) is 64.5 Å². The van der Waals surface area contributed by atoms with Gasteiger partial charge < -0.3 is 10.2 Å². The molecular weight excluding hydrogens is 184 g/mol. The average Bonchev–Trinajstić information content (AvgIpc) is 3.09. The molecule has 0 heterocycles. The lowest BCUT2D eigenvalue weighted by atomic mass is 9.94. The summed E-state index contributed by atoms with van der Waals surface area (Å²) in [5.41, 5.74) is 0. The van der Waals surface area contributed by atoms with E-state index in [1.54, 1.807) is 0 Å². The van der Waals surface area contributed by atoms with Crippen LogP contribution in [0.15, 0.2) is 0 Å². The van der Waals surface area contributed by atoms with Gasteiger partial charge in [0.2, 0.25) is 0 Å². The Balaban J connectivity index is 1.52. The molecule has 2 heteroatoms. The summed E-state index contributed by atoms with van der Waals surface area (Å²) >= 11 is 0. The van der Waals surface area contributed by atoms with E-state index in [2.05, 4.69) is 17.3 Å². The fourth-order valence-electron chi connectivity index (χ4n) is 2.63. The van der Waals surface area contributed by atoms with Crippen molar-refractivity contribution < 1.29 is 0 Å². The molecule has 0 aliphatic heterocycles. The SMILES string of the molecule is CN(CCCNC1CC1)C1CCCCC1. The molecule has 0 radical (unpaired) electrons. The van der Waals surface area contributed by atoms with E-state index < -0.39 is 0 Å². The predicted molar refractivity (Wildman–Crippen MR) is 65.1 cm³/mol. The molecule has 0 aromatic heterocycles. The average molecular weight is 210 g/mol. The van der Waals surface area contributed by atoms with Crippen LogP contribution >= 0.6 is 0 Å². The third kappa shape index (κ3) is 4.12. The molecule has 0 aromatic carbocycles. The first-order valence-corrected chi connectivity index (χ1v) is 6.80. The van der Waals surface area contributed by atoms with E-state index in [0.717, 1.165) is 12.1 Å². The van der Waals surface area contributed by atoms with Gasteiger partial charge >= 0.3 is 0 Å². The number of hydrogen-bond donors (Lipinski definition) is 1. The first-order valence-electron chi connectivity index (χ1n) is 6.80. The molecule has 88 valence electrons. The maximum atomic E-state index is 3.59. The van der Waals surface area contributed by atoms with Crippen LogP contribution in [0, 0.1) is 0 Å². The van der Waals surface area contributed by atoms with Crippen molar-refractivity contribution in [2.75, 3.05) is 20.1 Å². The summed E-state index contributed by atoms with van der Waals surface area (Å²) in [7, 11) is 2.31. The Morgan fingerprint density at radius 2 is 1.80 bits per heavy atom. The first kappa shape index (κ1) is 11.4. The maximum Gasteiger partial charge on any atom is 0.00922 e. The fraction of sp³-hybridized carbons (Fsp3) is 1.00. The molecular formula is C13H26N2. The van der Waals surface area contributed by atoms with Crippen molar-refractivity contribution in [3.63, 3.8) is 0 Å². The van der Waals surface area contributed by atoms with Gasteiger partial charge in [-0.3, -0.25) is 0 Å². The van der Waals surface area contributed by atoms with Crippen LogP contribution in [0.5, 0.6) is 0 Å². The van der Waals surface area contributed by atoms with Gasteiger partial charge in [0.15, 0.2) is 0 Å². The van der Waals surface area contributed by atoms with Crippen LogP contribution < -0.4 is 5.32 Å². The summed E-state index contributed by atoms with van der Waals surface area (Å²) in [6.07, 6.45) is 11.4. The van der Waals surface area contributed by atoms with Crippen LogP contribution in [-0.2, 0) is 0 Å². The van der Waals surface area contributed by atoms with Gasteiger partial charge in [-0.1, -0.05) is 19.3 Å². The van der Waals surface area contributed by atoms with Crippen molar-refractivity contribution in [1.82, 2.24) is 10.2 Å². The molecule has 2 aliphatic rings. The minimum atomic E-state index is 0.880. The Hall–Kier alpha value is -0.0800. The van der Waals surface area contributed by atoms with Gasteiger partial charge in [0.05, 0.1) is 0 Å². The zero-order valence-corrected chi connectivity index (χ0v) is 10.2. The molecule has 0 aromatic rings. The molecule has 0 amide bonds. The zero-order valence-electron chi connectivity index (χ0n) is 10.2. The van der Waals surface area contributed by atoms with Gasteiger partial charge in [-0.2, -0.15) is 0 Å². The Labute approximate surface area is 94.4 Å². The molecule has 2 saturated carbocycles. The van der Waals surface area contributed by atoms with E-state index in [0.29, 0.717) is 0 Å². The standard InChI is InChI=1S/C13H26N2/c1-15(13-6-3-2-4-7-13)11-5-10-14-12-8-9-12/h12-14H,2-11H2,1H3. The summed E-state index contributed by atoms with van der Waals surface area (Å²) in [4.78, 5) is 2.59. The Kier molecular flexibility index (Phi) is 4.45. The van der Waals surface area contributed by atoms with Gasteiger partial charge in [-0.15, -0.1) is 0 Å². The molecule has 2 fully saturated rings. The van der Waals surface area contributed by atoms with Gasteiger partial charge in [0.1, 0.15) is 0 Å². The Bertz CT molecular complexity index is 171. The van der Waals surface area contributed by atoms with Crippen molar-refractivity contribution >= 4 is 0 Å². The minimum Gasteiger partial charge on any atom is -0.314 e. The van der Waals surface area contributed by atoms with E-state index >= 15 is 0 Å². The summed E-state index contributed by atoms with van der Waals surface area (Å²) < 4.78 is 0.